The summed E-state index contributed by atoms with van der Waals surface area (Å²) in [5.74, 6) is 0.115. The van der Waals surface area contributed by atoms with E-state index < -0.39 is 0 Å². The molecule has 0 saturated carbocycles. The Morgan fingerprint density at radius 2 is 1.73 bits per heavy atom. The van der Waals surface area contributed by atoms with Gasteiger partial charge in [-0.2, -0.15) is 0 Å². The van der Waals surface area contributed by atoms with Crippen LogP contribution in [0.1, 0.15) is 41.3 Å². The Hall–Kier alpha value is -2.99. The zero-order chi connectivity index (χ0) is 23.0. The maximum Gasteiger partial charge on any atom is 0.254 e. The lowest BCUT2D eigenvalue weighted by Crippen LogP contribution is -2.49. The first-order chi connectivity index (χ1) is 16.1. The fraction of sp³-hybridized carbons (Fsp3) is 0.333. The van der Waals surface area contributed by atoms with Gasteiger partial charge in [0.15, 0.2) is 0 Å². The highest BCUT2D eigenvalue weighted by Gasteiger charge is 2.23. The van der Waals surface area contributed by atoms with Gasteiger partial charge in [-0.15, -0.1) is 0 Å². The van der Waals surface area contributed by atoms with E-state index in [0.717, 1.165) is 60.0 Å². The molecular formula is C27H32N4OS. The van der Waals surface area contributed by atoms with E-state index in [1.54, 1.807) is 11.9 Å². The molecule has 6 heteroatoms. The number of hydrogen-bond donors (Lipinski definition) is 1. The van der Waals surface area contributed by atoms with Crippen molar-refractivity contribution in [2.24, 2.45) is 0 Å². The lowest BCUT2D eigenvalue weighted by Gasteiger charge is -2.36. The monoisotopic (exact) mass is 460 g/mol. The molecule has 0 unspecified atom stereocenters. The van der Waals surface area contributed by atoms with Crippen LogP contribution in [0, 0.1) is 6.92 Å². The molecule has 0 radical (unpaired) electrons. The summed E-state index contributed by atoms with van der Waals surface area (Å²) in [6.45, 7) is 7.34. The molecule has 1 fully saturated rings. The molecule has 0 spiro atoms. The molecule has 1 saturated heterocycles. The average molecular weight is 461 g/mol. The molecule has 3 aromatic rings. The summed E-state index contributed by atoms with van der Waals surface area (Å²) >= 11 is 1.55. The molecule has 2 heterocycles. The molecule has 172 valence electrons. The van der Waals surface area contributed by atoms with Crippen LogP contribution in [-0.2, 0) is 6.42 Å². The van der Waals surface area contributed by atoms with Crippen LogP contribution >= 0.6 is 11.9 Å². The van der Waals surface area contributed by atoms with Crippen LogP contribution in [0.4, 0.5) is 11.4 Å². The molecule has 0 bridgehead atoms. The fourth-order valence-electron chi connectivity index (χ4n) is 4.03. The smallest absolute Gasteiger partial charge is 0.254 e. The highest BCUT2D eigenvalue weighted by molar-refractivity contribution is 8.00. The molecule has 0 atom stereocenters. The molecule has 5 nitrogen and oxygen atoms in total. The van der Waals surface area contributed by atoms with Gasteiger partial charge in [-0.05, 0) is 79.2 Å². The van der Waals surface area contributed by atoms with Crippen LogP contribution < -0.4 is 9.62 Å². The summed E-state index contributed by atoms with van der Waals surface area (Å²) in [6.07, 6.45) is 7.19. The third kappa shape index (κ3) is 6.08. The van der Waals surface area contributed by atoms with E-state index in [1.165, 1.54) is 18.4 Å². The van der Waals surface area contributed by atoms with E-state index in [4.69, 9.17) is 0 Å². The Morgan fingerprint density at radius 1 is 1.00 bits per heavy atom. The maximum atomic E-state index is 13.3. The highest BCUT2D eigenvalue weighted by atomic mass is 32.2. The van der Waals surface area contributed by atoms with Gasteiger partial charge in [-0.3, -0.25) is 9.78 Å². The van der Waals surface area contributed by atoms with Crippen molar-refractivity contribution in [3.63, 3.8) is 0 Å². The van der Waals surface area contributed by atoms with Crippen molar-refractivity contribution in [1.82, 2.24) is 9.88 Å². The SMILES string of the molecule is CCCCc1ccc(NSc2ccc(C)c(C(=O)N3CCN(c4ccncc4)CC3)c2)cc1. The number of pyridine rings is 1. The lowest BCUT2D eigenvalue weighted by atomic mass is 10.1. The Labute approximate surface area is 201 Å². The Bertz CT molecular complexity index is 1050. The third-order valence-electron chi connectivity index (χ3n) is 6.09. The largest absolute Gasteiger partial charge is 0.368 e. The van der Waals surface area contributed by atoms with E-state index in [0.29, 0.717) is 0 Å². The minimum atomic E-state index is 0.115. The molecule has 1 aliphatic rings. The summed E-state index contributed by atoms with van der Waals surface area (Å²) in [6, 6.07) is 18.8. The summed E-state index contributed by atoms with van der Waals surface area (Å²) in [4.78, 5) is 22.7. The number of aryl methyl sites for hydroxylation is 2. The number of hydrogen-bond acceptors (Lipinski definition) is 5. The van der Waals surface area contributed by atoms with Gasteiger partial charge in [0.2, 0.25) is 0 Å². The maximum absolute atomic E-state index is 13.3. The van der Waals surface area contributed by atoms with Gasteiger partial charge in [-0.1, -0.05) is 31.5 Å². The van der Waals surface area contributed by atoms with Gasteiger partial charge in [0.1, 0.15) is 0 Å². The molecule has 1 amide bonds. The third-order valence-corrected chi connectivity index (χ3v) is 6.92. The van der Waals surface area contributed by atoms with Crippen molar-refractivity contribution in [3.8, 4) is 0 Å². The summed E-state index contributed by atoms with van der Waals surface area (Å²) in [7, 11) is 0. The summed E-state index contributed by atoms with van der Waals surface area (Å²) < 4.78 is 3.41. The first-order valence-electron chi connectivity index (χ1n) is 11.7. The van der Waals surface area contributed by atoms with Crippen LogP contribution in [0.25, 0.3) is 0 Å². The number of anilines is 2. The second-order valence-electron chi connectivity index (χ2n) is 8.47. The van der Waals surface area contributed by atoms with Crippen molar-refractivity contribution < 1.29 is 4.79 Å². The number of nitrogens with zero attached hydrogens (tertiary/aromatic N) is 3. The second-order valence-corrected chi connectivity index (χ2v) is 9.35. The second kappa shape index (κ2) is 11.2. The fourth-order valence-corrected chi connectivity index (χ4v) is 4.71. The molecular weight excluding hydrogens is 428 g/mol. The lowest BCUT2D eigenvalue weighted by molar-refractivity contribution is 0.0746. The van der Waals surface area contributed by atoms with E-state index in [2.05, 4.69) is 51.9 Å². The van der Waals surface area contributed by atoms with Crippen LogP contribution in [0.3, 0.4) is 0 Å². The standard InChI is InChI=1S/C27H32N4OS/c1-3-4-5-22-7-9-23(10-8-22)29-33-25-11-6-21(2)26(20-25)27(32)31-18-16-30(17-19-31)24-12-14-28-15-13-24/h6-15,20,29H,3-5,16-19H2,1-2H3. The topological polar surface area (TPSA) is 48.5 Å². The van der Waals surface area contributed by atoms with Gasteiger partial charge in [0.25, 0.3) is 5.91 Å². The molecule has 33 heavy (non-hydrogen) atoms. The Balaban J connectivity index is 1.35. The summed E-state index contributed by atoms with van der Waals surface area (Å²) in [5, 5.41) is 0. The zero-order valence-corrected chi connectivity index (χ0v) is 20.3. The normalized spacial score (nSPS) is 13.8. The minimum absolute atomic E-state index is 0.115. The molecule has 4 rings (SSSR count). The van der Waals surface area contributed by atoms with Crippen LogP contribution in [0.5, 0.6) is 0 Å². The van der Waals surface area contributed by atoms with E-state index in [1.807, 2.05) is 48.5 Å². The van der Waals surface area contributed by atoms with Gasteiger partial charge < -0.3 is 14.5 Å². The Kier molecular flexibility index (Phi) is 7.89. The number of nitrogens with one attached hydrogen (secondary N) is 1. The van der Waals surface area contributed by atoms with Crippen molar-refractivity contribution in [1.29, 1.82) is 0 Å². The predicted molar refractivity (Wildman–Crippen MR) is 138 cm³/mol. The molecule has 0 aliphatic carbocycles. The van der Waals surface area contributed by atoms with Crippen molar-refractivity contribution >= 4 is 29.2 Å². The summed E-state index contributed by atoms with van der Waals surface area (Å²) in [5.41, 5.74) is 5.41. The first kappa shape index (κ1) is 23.2. The number of carbonyl (C=O) groups is 1. The van der Waals surface area contributed by atoms with Crippen LogP contribution in [-0.4, -0.2) is 42.0 Å². The van der Waals surface area contributed by atoms with E-state index in [-0.39, 0.29) is 5.91 Å². The molecule has 1 aromatic heterocycles. The number of aromatic nitrogens is 1. The zero-order valence-electron chi connectivity index (χ0n) is 19.5. The van der Waals surface area contributed by atoms with Crippen LogP contribution in [0.15, 0.2) is 71.9 Å². The van der Waals surface area contributed by atoms with Gasteiger partial charge in [-0.25, -0.2) is 0 Å². The van der Waals surface area contributed by atoms with E-state index >= 15 is 0 Å². The number of amides is 1. The molecule has 1 N–H and O–H groups in total. The first-order valence-corrected chi connectivity index (χ1v) is 12.5. The van der Waals surface area contributed by atoms with Gasteiger partial charge in [0.05, 0.1) is 0 Å². The van der Waals surface area contributed by atoms with Gasteiger partial charge >= 0.3 is 0 Å². The quantitative estimate of drug-likeness (QED) is 0.430. The number of rotatable bonds is 8. The van der Waals surface area contributed by atoms with Crippen molar-refractivity contribution in [3.05, 3.63) is 83.7 Å². The van der Waals surface area contributed by atoms with E-state index in [9.17, 15) is 4.79 Å². The minimum Gasteiger partial charge on any atom is -0.368 e. The molecule has 2 aromatic carbocycles. The number of carbonyl (C=O) groups excluding carboxylic acids is 1. The Morgan fingerprint density at radius 3 is 2.42 bits per heavy atom. The van der Waals surface area contributed by atoms with Crippen LogP contribution in [0.2, 0.25) is 0 Å². The number of unbranched alkanes of at least 4 members (excludes halogenated alkanes) is 1. The highest BCUT2D eigenvalue weighted by Crippen LogP contribution is 2.25. The molecule has 1 aliphatic heterocycles. The predicted octanol–water partition coefficient (Wildman–Crippen LogP) is 5.81. The number of piperazine rings is 1. The number of benzene rings is 2. The van der Waals surface area contributed by atoms with Crippen molar-refractivity contribution in [2.75, 3.05) is 35.8 Å². The average Bonchev–Trinajstić information content (AvgIpc) is 2.88. The van der Waals surface area contributed by atoms with Gasteiger partial charge in [0, 0.05) is 60.4 Å². The van der Waals surface area contributed by atoms with Crippen molar-refractivity contribution in [2.45, 2.75) is 38.0 Å².